The summed E-state index contributed by atoms with van der Waals surface area (Å²) in [5, 5.41) is 2.49. The molecule has 0 aromatic carbocycles. The van der Waals surface area contributed by atoms with Crippen molar-refractivity contribution in [2.24, 2.45) is 0 Å². The second-order valence-corrected chi connectivity index (χ2v) is 8.74. The predicted molar refractivity (Wildman–Crippen MR) is 120 cm³/mol. The molecule has 1 atom stereocenters. The number of nitrogens with zero attached hydrogens (tertiary/aromatic N) is 3. The first-order chi connectivity index (χ1) is 15.9. The molecule has 3 amide bonds. The Morgan fingerprint density at radius 1 is 1.18 bits per heavy atom. The van der Waals surface area contributed by atoms with Crippen molar-refractivity contribution in [2.45, 2.75) is 45.3 Å². The van der Waals surface area contributed by atoms with Gasteiger partial charge in [0.1, 0.15) is 24.0 Å². The Labute approximate surface area is 197 Å². The van der Waals surface area contributed by atoms with E-state index in [9.17, 15) is 24.0 Å². The lowest BCUT2D eigenvalue weighted by molar-refractivity contribution is -0.164. The monoisotopic (exact) mass is 477 g/mol. The summed E-state index contributed by atoms with van der Waals surface area (Å²) in [7, 11) is 1.17. The lowest BCUT2D eigenvalue weighted by Gasteiger charge is -2.40. The first-order valence-corrected chi connectivity index (χ1v) is 10.7. The number of methoxy groups -OCH3 is 1. The molecule has 34 heavy (non-hydrogen) atoms. The number of hydrogen-bond donors (Lipinski definition) is 2. The number of nitrogen functional groups attached to an aromatic ring is 1. The van der Waals surface area contributed by atoms with Crippen LogP contribution in [-0.4, -0.2) is 89.4 Å². The van der Waals surface area contributed by atoms with Gasteiger partial charge >= 0.3 is 11.9 Å². The maximum Gasteiger partial charge on any atom is 0.326 e. The Balaban J connectivity index is 2.02. The van der Waals surface area contributed by atoms with Crippen LogP contribution in [0.2, 0.25) is 0 Å². The van der Waals surface area contributed by atoms with Crippen molar-refractivity contribution < 1.29 is 33.4 Å². The average Bonchev–Trinajstić information content (AvgIpc) is 2.73. The summed E-state index contributed by atoms with van der Waals surface area (Å²) >= 11 is 0. The summed E-state index contributed by atoms with van der Waals surface area (Å²) in [6.07, 6.45) is -0.459. The van der Waals surface area contributed by atoms with Gasteiger partial charge in [-0.15, -0.1) is 0 Å². The molecule has 186 valence electrons. The first-order valence-electron chi connectivity index (χ1n) is 10.7. The maximum atomic E-state index is 13.0. The first kappa shape index (κ1) is 26.6. The van der Waals surface area contributed by atoms with Gasteiger partial charge in [-0.1, -0.05) is 6.07 Å². The van der Waals surface area contributed by atoms with Gasteiger partial charge in [-0.05, 0) is 32.9 Å². The van der Waals surface area contributed by atoms with Crippen molar-refractivity contribution >= 4 is 35.5 Å². The number of nitrogens with two attached hydrogens (primary N) is 1. The van der Waals surface area contributed by atoms with Crippen LogP contribution in [0.5, 0.6) is 0 Å². The number of hydrogen-bond acceptors (Lipinski definition) is 9. The summed E-state index contributed by atoms with van der Waals surface area (Å²) in [6, 6.07) is 3.72. The lowest BCUT2D eigenvalue weighted by atomic mass is 10.1. The minimum atomic E-state index is -1.16. The van der Waals surface area contributed by atoms with E-state index in [1.165, 1.54) is 16.9 Å². The third kappa shape index (κ3) is 8.01. The SMILES string of the molecule is COC(=O)CC1C(=O)N(CC(=O)OC(C)(C)C)CCN1C(=O)CNC(=O)Cc1cccc(N)n1. The molecule has 1 aromatic rings. The highest BCUT2D eigenvalue weighted by atomic mass is 16.6. The van der Waals surface area contributed by atoms with Gasteiger partial charge in [0.25, 0.3) is 0 Å². The van der Waals surface area contributed by atoms with E-state index >= 15 is 0 Å². The van der Waals surface area contributed by atoms with E-state index in [2.05, 4.69) is 15.0 Å². The third-order valence-corrected chi connectivity index (χ3v) is 4.84. The highest BCUT2D eigenvalue weighted by Gasteiger charge is 2.40. The Morgan fingerprint density at radius 3 is 2.50 bits per heavy atom. The number of aromatic nitrogens is 1. The fourth-order valence-corrected chi connectivity index (χ4v) is 3.36. The lowest BCUT2D eigenvalue weighted by Crippen LogP contribution is -2.61. The molecule has 1 aromatic heterocycles. The molecule has 3 N–H and O–H groups in total. The van der Waals surface area contributed by atoms with Crippen molar-refractivity contribution in [3.8, 4) is 0 Å². The van der Waals surface area contributed by atoms with Gasteiger partial charge in [0.05, 0.1) is 32.2 Å². The molecule has 0 radical (unpaired) electrons. The van der Waals surface area contributed by atoms with Crippen LogP contribution in [0.3, 0.4) is 0 Å². The number of esters is 2. The number of nitrogens with one attached hydrogen (secondary N) is 1. The van der Waals surface area contributed by atoms with Gasteiger partial charge in [-0.3, -0.25) is 24.0 Å². The number of anilines is 1. The molecule has 1 aliphatic rings. The van der Waals surface area contributed by atoms with Gasteiger partial charge in [0, 0.05) is 13.1 Å². The molecule has 0 bridgehead atoms. The zero-order valence-corrected chi connectivity index (χ0v) is 19.8. The topological polar surface area (TPSA) is 161 Å². The van der Waals surface area contributed by atoms with E-state index in [0.717, 1.165) is 0 Å². The summed E-state index contributed by atoms with van der Waals surface area (Å²) < 4.78 is 9.92. The fraction of sp³-hybridized carbons (Fsp3) is 0.545. The molecule has 1 saturated heterocycles. The smallest absolute Gasteiger partial charge is 0.326 e. The summed E-state index contributed by atoms with van der Waals surface area (Å²) in [5.74, 6) is -2.59. The number of piperazine rings is 1. The van der Waals surface area contributed by atoms with E-state index in [1.54, 1.807) is 39.0 Å². The predicted octanol–water partition coefficient (Wildman–Crippen LogP) is -0.733. The Kier molecular flexibility index (Phi) is 8.93. The van der Waals surface area contributed by atoms with Gasteiger partial charge < -0.3 is 30.3 Å². The van der Waals surface area contributed by atoms with Crippen molar-refractivity contribution in [2.75, 3.05) is 39.0 Å². The van der Waals surface area contributed by atoms with E-state index in [0.29, 0.717) is 5.69 Å². The van der Waals surface area contributed by atoms with Crippen molar-refractivity contribution in [3.63, 3.8) is 0 Å². The number of carbonyl (C=O) groups excluding carboxylic acids is 5. The second-order valence-electron chi connectivity index (χ2n) is 8.74. The molecule has 1 aliphatic heterocycles. The van der Waals surface area contributed by atoms with E-state index in [1.807, 2.05) is 0 Å². The maximum absolute atomic E-state index is 13.0. The average molecular weight is 478 g/mol. The van der Waals surface area contributed by atoms with Crippen LogP contribution < -0.4 is 11.1 Å². The molecule has 12 heteroatoms. The molecule has 1 unspecified atom stereocenters. The molecule has 2 heterocycles. The third-order valence-electron chi connectivity index (χ3n) is 4.84. The Morgan fingerprint density at radius 2 is 1.88 bits per heavy atom. The molecule has 0 saturated carbocycles. The zero-order chi connectivity index (χ0) is 25.5. The minimum Gasteiger partial charge on any atom is -0.469 e. The van der Waals surface area contributed by atoms with Crippen LogP contribution in [0.25, 0.3) is 0 Å². The second kappa shape index (κ2) is 11.4. The van der Waals surface area contributed by atoms with Crippen molar-refractivity contribution in [1.82, 2.24) is 20.1 Å². The number of pyridine rings is 1. The number of rotatable bonds is 8. The quantitative estimate of drug-likeness (QED) is 0.460. The highest BCUT2D eigenvalue weighted by Crippen LogP contribution is 2.17. The Bertz CT molecular complexity index is 944. The number of ether oxygens (including phenoxy) is 2. The van der Waals surface area contributed by atoms with Crippen LogP contribution in [-0.2, 0) is 39.9 Å². The van der Waals surface area contributed by atoms with Crippen molar-refractivity contribution in [1.29, 1.82) is 0 Å². The standard InChI is InChI=1S/C22H31N5O7/c1-22(2,3)34-20(31)13-26-8-9-27(15(21(26)32)11-19(30)33-4)18(29)12-24-17(28)10-14-6-5-7-16(23)25-14/h5-7,15H,8-13H2,1-4H3,(H2,23,25)(H,24,28). The van der Waals surface area contributed by atoms with Crippen LogP contribution in [0, 0.1) is 0 Å². The van der Waals surface area contributed by atoms with Gasteiger partial charge in [-0.2, -0.15) is 0 Å². The molecule has 1 fully saturated rings. The van der Waals surface area contributed by atoms with Crippen LogP contribution in [0.1, 0.15) is 32.9 Å². The highest BCUT2D eigenvalue weighted by molar-refractivity contribution is 5.94. The van der Waals surface area contributed by atoms with E-state index in [4.69, 9.17) is 10.5 Å². The molecule has 12 nitrogen and oxygen atoms in total. The van der Waals surface area contributed by atoms with E-state index < -0.39 is 41.3 Å². The normalized spacial score (nSPS) is 16.1. The molecular formula is C22H31N5O7. The van der Waals surface area contributed by atoms with Gasteiger partial charge in [0.2, 0.25) is 17.7 Å². The summed E-state index contributed by atoms with van der Waals surface area (Å²) in [6.45, 7) is 4.59. The molecule has 2 rings (SSSR count). The Hall–Kier alpha value is -3.70. The summed E-state index contributed by atoms with van der Waals surface area (Å²) in [4.78, 5) is 68.6. The van der Waals surface area contributed by atoms with Crippen molar-refractivity contribution in [3.05, 3.63) is 23.9 Å². The molecule has 0 aliphatic carbocycles. The number of carbonyl (C=O) groups is 5. The van der Waals surface area contributed by atoms with Crippen LogP contribution >= 0.6 is 0 Å². The number of amides is 3. The molecule has 0 spiro atoms. The minimum absolute atomic E-state index is 0.0711. The largest absolute Gasteiger partial charge is 0.469 e. The van der Waals surface area contributed by atoms with Gasteiger partial charge in [0.15, 0.2) is 0 Å². The summed E-state index contributed by atoms with van der Waals surface area (Å²) in [5.41, 5.74) is 5.32. The zero-order valence-electron chi connectivity index (χ0n) is 19.8. The van der Waals surface area contributed by atoms with Gasteiger partial charge in [-0.25, -0.2) is 4.98 Å². The van der Waals surface area contributed by atoms with Crippen LogP contribution in [0.4, 0.5) is 5.82 Å². The van der Waals surface area contributed by atoms with E-state index in [-0.39, 0.29) is 44.8 Å². The fourth-order valence-electron chi connectivity index (χ4n) is 3.36. The van der Waals surface area contributed by atoms with Crippen LogP contribution in [0.15, 0.2) is 18.2 Å². The molecular weight excluding hydrogens is 446 g/mol.